The second-order valence-electron chi connectivity index (χ2n) is 10.00. The van der Waals surface area contributed by atoms with Crippen LogP contribution in [0.2, 0.25) is 0 Å². The Labute approximate surface area is 227 Å². The van der Waals surface area contributed by atoms with Gasteiger partial charge in [-0.15, -0.1) is 6.58 Å². The highest BCUT2D eigenvalue weighted by Gasteiger charge is 2.34. The van der Waals surface area contributed by atoms with Crippen molar-refractivity contribution in [3.05, 3.63) is 72.3 Å². The molecule has 0 saturated carbocycles. The fraction of sp³-hybridized carbons (Fsp3) is 0.484. The van der Waals surface area contributed by atoms with Gasteiger partial charge in [-0.1, -0.05) is 30.3 Å². The Bertz CT molecular complexity index is 1060. The maximum absolute atomic E-state index is 12.4. The molecule has 1 amide bonds. The Kier molecular flexibility index (Phi) is 11.4. The van der Waals surface area contributed by atoms with Gasteiger partial charge in [-0.05, 0) is 69.0 Å². The second kappa shape index (κ2) is 14.7. The third kappa shape index (κ3) is 8.17. The first-order valence-corrected chi connectivity index (χ1v) is 13.7. The van der Waals surface area contributed by atoms with Crippen LogP contribution in [0.1, 0.15) is 63.6 Å². The summed E-state index contributed by atoms with van der Waals surface area (Å²) in [7, 11) is 1.70. The summed E-state index contributed by atoms with van der Waals surface area (Å²) in [5.74, 6) is 0.581. The Morgan fingerprint density at radius 2 is 1.79 bits per heavy atom. The first-order valence-electron chi connectivity index (χ1n) is 13.7. The molecule has 1 aliphatic heterocycles. The van der Waals surface area contributed by atoms with Crippen LogP contribution in [0, 0.1) is 0 Å². The van der Waals surface area contributed by atoms with Crippen LogP contribution in [0.15, 0.2) is 61.2 Å². The lowest BCUT2D eigenvalue weighted by atomic mass is 9.93. The van der Waals surface area contributed by atoms with Gasteiger partial charge in [0.2, 0.25) is 5.91 Å². The number of hydrogen-bond donors (Lipinski definition) is 1. The highest BCUT2D eigenvalue weighted by Crippen LogP contribution is 2.35. The zero-order valence-electron chi connectivity index (χ0n) is 23.3. The number of unbranched alkanes of at least 4 members (excludes halogenated alkanes) is 1. The number of rotatable bonds is 13. The zero-order valence-corrected chi connectivity index (χ0v) is 23.3. The van der Waals surface area contributed by atoms with Gasteiger partial charge in [0, 0.05) is 50.2 Å². The summed E-state index contributed by atoms with van der Waals surface area (Å²) in [5.41, 5.74) is 3.12. The summed E-state index contributed by atoms with van der Waals surface area (Å²) < 4.78 is 10.5. The molecule has 0 radical (unpaired) electrons. The van der Waals surface area contributed by atoms with Crippen LogP contribution in [-0.4, -0.2) is 67.1 Å². The fourth-order valence-corrected chi connectivity index (χ4v) is 5.15. The number of carbonyl (C=O) groups is 2. The molecule has 0 spiro atoms. The molecule has 1 heterocycles. The van der Waals surface area contributed by atoms with E-state index in [-0.39, 0.29) is 17.9 Å². The predicted molar refractivity (Wildman–Crippen MR) is 152 cm³/mol. The van der Waals surface area contributed by atoms with Crippen molar-refractivity contribution in [1.82, 2.24) is 9.80 Å². The monoisotopic (exact) mass is 521 g/mol. The molecule has 1 fully saturated rings. The minimum atomic E-state index is -0.208. The number of hydrogen-bond acceptors (Lipinski definition) is 6. The van der Waals surface area contributed by atoms with Gasteiger partial charge in [0.25, 0.3) is 0 Å². The Morgan fingerprint density at radius 3 is 2.47 bits per heavy atom. The van der Waals surface area contributed by atoms with Crippen LogP contribution in [0.5, 0.6) is 5.75 Å². The third-order valence-corrected chi connectivity index (χ3v) is 7.12. The van der Waals surface area contributed by atoms with Crippen molar-refractivity contribution >= 4 is 17.6 Å². The topological polar surface area (TPSA) is 71.1 Å². The standard InChI is InChI=1S/C31H43N3O4/c1-6-19-33-21-24(4)34(22-23(33)3)31(26-11-10-12-28(20-26)37-5)25-15-17-27(18-16-25)32-29(35)13-8-9-14-30(36)38-7-2/h6,10-12,15-18,20,23-24,31H,1,7-9,13-14,19,21-22H2,2-5H3,(H,32,35)/t23-,24+,31-/m1/s1. The van der Waals surface area contributed by atoms with Crippen LogP contribution in [0.3, 0.4) is 0 Å². The minimum Gasteiger partial charge on any atom is -0.497 e. The number of nitrogens with zero attached hydrogens (tertiary/aromatic N) is 2. The normalized spacial score (nSPS) is 18.9. The van der Waals surface area contributed by atoms with Crippen molar-refractivity contribution < 1.29 is 19.1 Å². The molecule has 0 bridgehead atoms. The van der Waals surface area contributed by atoms with Crippen molar-refractivity contribution in [2.24, 2.45) is 0 Å². The van der Waals surface area contributed by atoms with Crippen LogP contribution in [0.4, 0.5) is 5.69 Å². The van der Waals surface area contributed by atoms with E-state index in [0.717, 1.165) is 31.1 Å². The van der Waals surface area contributed by atoms with E-state index < -0.39 is 0 Å². The van der Waals surface area contributed by atoms with Crippen LogP contribution in [0.25, 0.3) is 0 Å². The van der Waals surface area contributed by atoms with E-state index in [1.165, 1.54) is 11.1 Å². The number of amides is 1. The molecule has 3 rings (SSSR count). The average Bonchev–Trinajstić information content (AvgIpc) is 2.91. The van der Waals surface area contributed by atoms with E-state index in [2.05, 4.69) is 59.8 Å². The van der Waals surface area contributed by atoms with Gasteiger partial charge < -0.3 is 14.8 Å². The lowest BCUT2D eigenvalue weighted by Crippen LogP contribution is -2.57. The first kappa shape index (κ1) is 29.4. The van der Waals surface area contributed by atoms with Crippen LogP contribution >= 0.6 is 0 Å². The molecular formula is C31H43N3O4. The number of carbonyl (C=O) groups excluding carboxylic acids is 2. The zero-order chi connectivity index (χ0) is 27.5. The summed E-state index contributed by atoms with van der Waals surface area (Å²) in [4.78, 5) is 28.9. The Morgan fingerprint density at radius 1 is 1.05 bits per heavy atom. The predicted octanol–water partition coefficient (Wildman–Crippen LogP) is 5.43. The molecule has 1 N–H and O–H groups in total. The SMILES string of the molecule is C=CCN1C[C@H](C)N([C@H](c2ccc(NC(=O)CCCCC(=O)OCC)cc2)c2cccc(OC)c2)C[C@H]1C. The molecular weight excluding hydrogens is 478 g/mol. The molecule has 0 aliphatic carbocycles. The van der Waals surface area contributed by atoms with Gasteiger partial charge in [-0.3, -0.25) is 19.4 Å². The molecule has 7 nitrogen and oxygen atoms in total. The molecule has 1 aliphatic rings. The minimum absolute atomic E-state index is 0.0493. The van der Waals surface area contributed by atoms with E-state index in [9.17, 15) is 9.59 Å². The van der Waals surface area contributed by atoms with Gasteiger partial charge in [-0.2, -0.15) is 0 Å². The number of benzene rings is 2. The fourth-order valence-electron chi connectivity index (χ4n) is 5.15. The third-order valence-electron chi connectivity index (χ3n) is 7.12. The largest absolute Gasteiger partial charge is 0.497 e. The van der Waals surface area contributed by atoms with Crippen molar-refractivity contribution in [3.8, 4) is 5.75 Å². The highest BCUT2D eigenvalue weighted by atomic mass is 16.5. The molecule has 7 heteroatoms. The number of nitrogens with one attached hydrogen (secondary N) is 1. The number of piperazine rings is 1. The molecule has 38 heavy (non-hydrogen) atoms. The van der Waals surface area contributed by atoms with Crippen molar-refractivity contribution in [3.63, 3.8) is 0 Å². The maximum Gasteiger partial charge on any atom is 0.305 e. The van der Waals surface area contributed by atoms with Gasteiger partial charge in [0.15, 0.2) is 0 Å². The molecule has 0 unspecified atom stereocenters. The summed E-state index contributed by atoms with van der Waals surface area (Å²) in [6, 6.07) is 17.2. The number of ether oxygens (including phenoxy) is 2. The number of anilines is 1. The summed E-state index contributed by atoms with van der Waals surface area (Å²) in [6.07, 6.45) is 3.99. The summed E-state index contributed by atoms with van der Waals surface area (Å²) in [6.45, 7) is 13.5. The maximum atomic E-state index is 12.4. The van der Waals surface area contributed by atoms with Crippen LogP contribution < -0.4 is 10.1 Å². The van der Waals surface area contributed by atoms with Gasteiger partial charge in [-0.25, -0.2) is 0 Å². The van der Waals surface area contributed by atoms with Gasteiger partial charge >= 0.3 is 5.97 Å². The molecule has 2 aromatic rings. The second-order valence-corrected chi connectivity index (χ2v) is 10.00. The number of esters is 1. The lowest BCUT2D eigenvalue weighted by Gasteiger charge is -2.47. The molecule has 1 saturated heterocycles. The van der Waals surface area contributed by atoms with Gasteiger partial charge in [0.1, 0.15) is 5.75 Å². The van der Waals surface area contributed by atoms with Crippen LogP contribution in [-0.2, 0) is 14.3 Å². The Balaban J connectivity index is 1.73. The smallest absolute Gasteiger partial charge is 0.305 e. The van der Waals surface area contributed by atoms with Crippen molar-refractivity contribution in [2.75, 3.05) is 38.7 Å². The lowest BCUT2D eigenvalue weighted by molar-refractivity contribution is -0.143. The van der Waals surface area contributed by atoms with E-state index in [1.807, 2.05) is 30.3 Å². The van der Waals surface area contributed by atoms with Crippen molar-refractivity contribution in [1.29, 1.82) is 0 Å². The highest BCUT2D eigenvalue weighted by molar-refractivity contribution is 5.90. The van der Waals surface area contributed by atoms with Gasteiger partial charge in [0.05, 0.1) is 19.8 Å². The quantitative estimate of drug-likeness (QED) is 0.215. The van der Waals surface area contributed by atoms with E-state index in [1.54, 1.807) is 14.0 Å². The first-order chi connectivity index (χ1) is 18.4. The average molecular weight is 522 g/mol. The summed E-state index contributed by atoms with van der Waals surface area (Å²) >= 11 is 0. The van der Waals surface area contributed by atoms with E-state index in [4.69, 9.17) is 9.47 Å². The molecule has 0 aromatic heterocycles. The number of methoxy groups -OCH3 is 1. The van der Waals surface area contributed by atoms with Crippen molar-refractivity contribution in [2.45, 2.75) is 64.6 Å². The molecule has 2 aromatic carbocycles. The van der Waals surface area contributed by atoms with E-state index in [0.29, 0.717) is 44.4 Å². The summed E-state index contributed by atoms with van der Waals surface area (Å²) in [5, 5.41) is 2.99. The molecule has 206 valence electrons. The van der Waals surface area contributed by atoms with E-state index >= 15 is 0 Å². The Hall–Kier alpha value is -3.16. The molecule has 3 atom stereocenters.